The summed E-state index contributed by atoms with van der Waals surface area (Å²) in [5.41, 5.74) is -1.40. The quantitative estimate of drug-likeness (QED) is 0.696. The van der Waals surface area contributed by atoms with Crippen LogP contribution in [0.15, 0.2) is 35.4 Å². The predicted octanol–water partition coefficient (Wildman–Crippen LogP) is 3.86. The van der Waals surface area contributed by atoms with Crippen molar-refractivity contribution >= 4 is 36.4 Å². The summed E-state index contributed by atoms with van der Waals surface area (Å²) in [6.07, 6.45) is -4.54. The highest BCUT2D eigenvalue weighted by atomic mass is 35.5. The van der Waals surface area contributed by atoms with Crippen LogP contribution in [0.2, 0.25) is 4.34 Å². The number of hydrogen-bond donors (Lipinski definition) is 2. The van der Waals surface area contributed by atoms with Crippen LogP contribution in [-0.4, -0.2) is 33.4 Å². The van der Waals surface area contributed by atoms with Crippen LogP contribution in [0, 0.1) is 0 Å². The zero-order chi connectivity index (χ0) is 19.6. The average molecular weight is 439 g/mol. The van der Waals surface area contributed by atoms with Crippen LogP contribution in [0.1, 0.15) is 16.0 Å². The van der Waals surface area contributed by atoms with E-state index < -0.39 is 24.9 Å². The van der Waals surface area contributed by atoms with E-state index in [9.17, 15) is 27.5 Å². The van der Waals surface area contributed by atoms with Crippen LogP contribution in [0.3, 0.4) is 0 Å². The molecule has 0 radical (unpaired) electrons. The van der Waals surface area contributed by atoms with E-state index in [0.717, 1.165) is 12.1 Å². The lowest BCUT2D eigenvalue weighted by Crippen LogP contribution is -2.46. The summed E-state index contributed by atoms with van der Waals surface area (Å²) in [5.74, 6) is -0.0329. The van der Waals surface area contributed by atoms with E-state index in [0.29, 0.717) is 14.0 Å². The second-order valence-corrected chi connectivity index (χ2v) is 9.38. The Balaban J connectivity index is 1.88. The lowest BCUT2D eigenvalue weighted by Gasteiger charge is -2.34. The van der Waals surface area contributed by atoms with E-state index in [2.05, 4.69) is 5.10 Å². The Labute approximate surface area is 160 Å². The van der Waals surface area contributed by atoms with E-state index >= 15 is 0 Å². The van der Waals surface area contributed by atoms with Crippen molar-refractivity contribution < 1.29 is 32.3 Å². The first-order chi connectivity index (χ1) is 12.5. The molecule has 1 aromatic heterocycles. The molecule has 1 unspecified atom stereocenters. The van der Waals surface area contributed by atoms with Crippen molar-refractivity contribution in [3.63, 3.8) is 0 Å². The van der Waals surface area contributed by atoms with Crippen molar-refractivity contribution in [1.82, 2.24) is 4.78 Å². The first-order valence-corrected chi connectivity index (χ1v) is 10.3. The Morgan fingerprint density at radius 2 is 2.04 bits per heavy atom. The molecule has 2 aromatic rings. The molecule has 0 bridgehead atoms. The van der Waals surface area contributed by atoms with E-state index in [-0.39, 0.29) is 30.2 Å². The highest BCUT2D eigenvalue weighted by Crippen LogP contribution is 2.52. The van der Waals surface area contributed by atoms with E-state index in [1.165, 1.54) is 17.4 Å². The van der Waals surface area contributed by atoms with Crippen molar-refractivity contribution in [2.24, 2.45) is 5.10 Å². The second kappa shape index (κ2) is 5.96. The van der Waals surface area contributed by atoms with Gasteiger partial charge in [-0.1, -0.05) is 11.6 Å². The molecule has 0 aliphatic carbocycles. The van der Waals surface area contributed by atoms with Gasteiger partial charge in [-0.2, -0.15) is 23.1 Å². The number of alkyl halides is 3. The minimum Gasteiger partial charge on any atom is -0.491 e. The summed E-state index contributed by atoms with van der Waals surface area (Å²) in [4.78, 5) is 19.8. The maximum absolute atomic E-state index is 13.0. The number of halogens is 4. The number of hydrazone groups is 1. The zero-order valence-corrected chi connectivity index (χ0v) is 15.7. The molecule has 2 aliphatic heterocycles. The van der Waals surface area contributed by atoms with Gasteiger partial charge in [0.05, 0.1) is 22.2 Å². The highest BCUT2D eigenvalue weighted by molar-refractivity contribution is 7.49. The maximum Gasteiger partial charge on any atom is 0.445 e. The first-order valence-electron chi connectivity index (χ1n) is 7.54. The Bertz CT molecular complexity index is 1010. The molecular formula is C15H11ClF3N2O4PS. The van der Waals surface area contributed by atoms with Gasteiger partial charge in [0.1, 0.15) is 17.8 Å². The molecule has 144 valence electrons. The second-order valence-electron chi connectivity index (χ2n) is 6.18. The van der Waals surface area contributed by atoms with Crippen LogP contribution in [-0.2, 0) is 16.2 Å². The van der Waals surface area contributed by atoms with Gasteiger partial charge in [0, 0.05) is 10.4 Å². The number of hydrogen-bond acceptors (Lipinski definition) is 4. The van der Waals surface area contributed by atoms with Crippen molar-refractivity contribution in [1.29, 1.82) is 0 Å². The lowest BCUT2D eigenvalue weighted by molar-refractivity contribution is -0.137. The van der Waals surface area contributed by atoms with E-state index in [4.69, 9.17) is 16.3 Å². The molecule has 1 atom stereocenters. The van der Waals surface area contributed by atoms with Crippen LogP contribution in [0.4, 0.5) is 13.2 Å². The molecule has 0 saturated heterocycles. The molecule has 0 amide bonds. The Hall–Kier alpha value is -1.58. The van der Waals surface area contributed by atoms with Gasteiger partial charge < -0.3 is 14.5 Å². The third-order valence-corrected chi connectivity index (χ3v) is 6.73. The summed E-state index contributed by atoms with van der Waals surface area (Å²) >= 11 is 7.21. The summed E-state index contributed by atoms with van der Waals surface area (Å²) in [7, 11) is -4.71. The smallest absolute Gasteiger partial charge is 0.445 e. The number of fused-ring (bicyclic) bond motifs is 3. The molecule has 12 heteroatoms. The standard InChI is InChI=1S/C15H11ClF3N2O4PS/c16-12-4-3-11(27-12)14-6-21(26(22,23)24)20-13(14)9-2-1-8(15(17,18)19)5-10(9)25-7-14/h1-5H,6-7H2,(H2,22,23,24). The predicted molar refractivity (Wildman–Crippen MR) is 93.2 cm³/mol. The average Bonchev–Trinajstić information content (AvgIpc) is 3.17. The van der Waals surface area contributed by atoms with Gasteiger partial charge in [0.15, 0.2) is 0 Å². The van der Waals surface area contributed by atoms with Crippen molar-refractivity contribution in [2.75, 3.05) is 13.2 Å². The van der Waals surface area contributed by atoms with Crippen LogP contribution in [0.25, 0.3) is 0 Å². The molecule has 1 aromatic carbocycles. The van der Waals surface area contributed by atoms with Gasteiger partial charge >= 0.3 is 13.9 Å². The Morgan fingerprint density at radius 3 is 2.63 bits per heavy atom. The number of thiophene rings is 1. The van der Waals surface area contributed by atoms with Crippen molar-refractivity contribution in [3.05, 3.63) is 50.7 Å². The molecule has 4 rings (SSSR count). The molecule has 3 heterocycles. The minimum atomic E-state index is -4.71. The van der Waals surface area contributed by atoms with E-state index in [1.54, 1.807) is 12.1 Å². The Morgan fingerprint density at radius 1 is 1.30 bits per heavy atom. The topological polar surface area (TPSA) is 82.4 Å². The SMILES string of the molecule is O=P(O)(O)N1CC2(c3ccc(Cl)s3)COc3cc(C(F)(F)F)ccc3C2=N1. The van der Waals surface area contributed by atoms with Crippen LogP contribution >= 0.6 is 30.7 Å². The molecule has 2 N–H and O–H groups in total. The minimum absolute atomic E-state index is 0.0329. The monoisotopic (exact) mass is 438 g/mol. The van der Waals surface area contributed by atoms with Crippen molar-refractivity contribution in [2.45, 2.75) is 11.6 Å². The number of benzene rings is 1. The van der Waals surface area contributed by atoms with Gasteiger partial charge in [-0.15, -0.1) is 11.3 Å². The van der Waals surface area contributed by atoms with Gasteiger partial charge in [0.25, 0.3) is 0 Å². The Kier molecular flexibility index (Phi) is 4.14. The first kappa shape index (κ1) is 18.8. The van der Waals surface area contributed by atoms with Gasteiger partial charge in [-0.25, -0.2) is 4.57 Å². The van der Waals surface area contributed by atoms with Crippen LogP contribution in [0.5, 0.6) is 5.75 Å². The summed E-state index contributed by atoms with van der Waals surface area (Å²) in [6.45, 7) is -0.294. The van der Waals surface area contributed by atoms with Crippen molar-refractivity contribution in [3.8, 4) is 5.75 Å². The number of ether oxygens (including phenoxy) is 1. The van der Waals surface area contributed by atoms with Gasteiger partial charge in [-0.05, 0) is 30.3 Å². The molecule has 6 nitrogen and oxygen atoms in total. The fourth-order valence-electron chi connectivity index (χ4n) is 3.19. The number of nitrogens with zero attached hydrogens (tertiary/aromatic N) is 2. The maximum atomic E-state index is 13.0. The van der Waals surface area contributed by atoms with Gasteiger partial charge in [0.2, 0.25) is 0 Å². The fourth-order valence-corrected chi connectivity index (χ4v) is 5.03. The summed E-state index contributed by atoms with van der Waals surface area (Å²) < 4.78 is 57.4. The molecule has 0 spiro atoms. The zero-order valence-electron chi connectivity index (χ0n) is 13.3. The largest absolute Gasteiger partial charge is 0.491 e. The molecule has 27 heavy (non-hydrogen) atoms. The normalized spacial score (nSPS) is 22.1. The molecule has 2 aliphatic rings. The third kappa shape index (κ3) is 3.05. The lowest BCUT2D eigenvalue weighted by atomic mass is 9.77. The summed E-state index contributed by atoms with van der Waals surface area (Å²) in [5, 5.41) is 4.06. The third-order valence-electron chi connectivity index (χ3n) is 4.46. The van der Waals surface area contributed by atoms with Crippen LogP contribution < -0.4 is 4.74 Å². The fraction of sp³-hybridized carbons (Fsp3) is 0.267. The van der Waals surface area contributed by atoms with E-state index in [1.807, 2.05) is 0 Å². The molecule has 0 saturated carbocycles. The molecular weight excluding hydrogens is 428 g/mol. The number of rotatable bonds is 2. The summed E-state index contributed by atoms with van der Waals surface area (Å²) in [6, 6.07) is 6.30. The highest BCUT2D eigenvalue weighted by Gasteiger charge is 2.53. The van der Waals surface area contributed by atoms with Gasteiger partial charge in [-0.3, -0.25) is 0 Å². The molecule has 0 fully saturated rings.